The summed E-state index contributed by atoms with van der Waals surface area (Å²) < 4.78 is 28.4. The van der Waals surface area contributed by atoms with Crippen LogP contribution in [0.4, 0.5) is 0 Å². The van der Waals surface area contributed by atoms with Crippen LogP contribution in [0.1, 0.15) is 46.0 Å². The molecule has 0 saturated carbocycles. The third kappa shape index (κ3) is 6.21. The molecule has 1 fully saturated rings. The highest BCUT2D eigenvalue weighted by Crippen LogP contribution is 2.18. The molecule has 0 bridgehead atoms. The van der Waals surface area contributed by atoms with Gasteiger partial charge in [0.15, 0.2) is 0 Å². The van der Waals surface area contributed by atoms with Gasteiger partial charge in [-0.2, -0.15) is 12.7 Å². The maximum Gasteiger partial charge on any atom is 0.279 e. The van der Waals surface area contributed by atoms with Crippen LogP contribution in [0.2, 0.25) is 0 Å². The largest absolute Gasteiger partial charge is 0.317 e. The van der Waals surface area contributed by atoms with Crippen molar-refractivity contribution in [3.05, 3.63) is 0 Å². The number of unbranched alkanes of at least 4 members (excludes halogenated alkanes) is 2. The lowest BCUT2D eigenvalue weighted by atomic mass is 9.98. The predicted molar refractivity (Wildman–Crippen MR) is 79.3 cm³/mol. The molecule has 1 rings (SSSR count). The van der Waals surface area contributed by atoms with E-state index in [1.54, 1.807) is 4.31 Å². The third-order valence-electron chi connectivity index (χ3n) is 3.66. The van der Waals surface area contributed by atoms with Crippen LogP contribution in [0.15, 0.2) is 0 Å². The number of hydrogen-bond acceptors (Lipinski definition) is 3. The minimum absolute atomic E-state index is 0.563. The maximum atomic E-state index is 12.1. The van der Waals surface area contributed by atoms with Crippen LogP contribution in [-0.4, -0.2) is 45.4 Å². The Morgan fingerprint density at radius 2 is 1.84 bits per heavy atom. The Morgan fingerprint density at radius 1 is 1.16 bits per heavy atom. The third-order valence-corrected chi connectivity index (χ3v) is 5.28. The van der Waals surface area contributed by atoms with Crippen LogP contribution in [0.3, 0.4) is 0 Å². The molecular formula is C13H29N3O2S. The quantitative estimate of drug-likeness (QED) is 0.630. The van der Waals surface area contributed by atoms with Crippen molar-refractivity contribution in [1.82, 2.24) is 14.3 Å². The van der Waals surface area contributed by atoms with Gasteiger partial charge in [0.25, 0.3) is 10.2 Å². The SMILES string of the molecule is CCCCCNS(=O)(=O)N1CCC(CNCC)CC1. The standard InChI is InChI=1S/C13H29N3O2S/c1-3-5-6-9-15-19(17,18)16-10-7-13(8-11-16)12-14-4-2/h13-15H,3-12H2,1-2H3. The molecule has 1 aliphatic rings. The summed E-state index contributed by atoms with van der Waals surface area (Å²) in [4.78, 5) is 0. The lowest BCUT2D eigenvalue weighted by Gasteiger charge is -2.31. The van der Waals surface area contributed by atoms with Crippen LogP contribution < -0.4 is 10.0 Å². The number of piperidine rings is 1. The van der Waals surface area contributed by atoms with E-state index >= 15 is 0 Å². The van der Waals surface area contributed by atoms with Gasteiger partial charge < -0.3 is 5.32 Å². The summed E-state index contributed by atoms with van der Waals surface area (Å²) in [7, 11) is -3.24. The second-order valence-corrected chi connectivity index (χ2v) is 7.01. The minimum atomic E-state index is -3.24. The highest BCUT2D eigenvalue weighted by molar-refractivity contribution is 7.87. The van der Waals surface area contributed by atoms with Gasteiger partial charge in [-0.3, -0.25) is 0 Å². The summed E-state index contributed by atoms with van der Waals surface area (Å²) in [6.07, 6.45) is 5.03. The van der Waals surface area contributed by atoms with E-state index in [0.29, 0.717) is 25.6 Å². The zero-order valence-corrected chi connectivity index (χ0v) is 13.1. The van der Waals surface area contributed by atoms with Crippen LogP contribution in [0, 0.1) is 5.92 Å². The van der Waals surface area contributed by atoms with Crippen molar-refractivity contribution in [2.45, 2.75) is 46.0 Å². The molecule has 0 spiro atoms. The molecular weight excluding hydrogens is 262 g/mol. The molecule has 0 atom stereocenters. The molecule has 0 amide bonds. The molecule has 0 aliphatic carbocycles. The van der Waals surface area contributed by atoms with E-state index < -0.39 is 10.2 Å². The number of rotatable bonds is 9. The van der Waals surface area contributed by atoms with Gasteiger partial charge in [0.05, 0.1) is 0 Å². The maximum absolute atomic E-state index is 12.1. The fraction of sp³-hybridized carbons (Fsp3) is 1.00. The molecule has 0 aromatic carbocycles. The molecule has 5 nitrogen and oxygen atoms in total. The second kappa shape index (κ2) is 8.89. The van der Waals surface area contributed by atoms with Crippen LogP contribution in [0.25, 0.3) is 0 Å². The lowest BCUT2D eigenvalue weighted by molar-refractivity contribution is 0.266. The number of nitrogens with one attached hydrogen (secondary N) is 2. The lowest BCUT2D eigenvalue weighted by Crippen LogP contribution is -2.46. The Morgan fingerprint density at radius 3 is 2.42 bits per heavy atom. The normalized spacial score (nSPS) is 18.8. The van der Waals surface area contributed by atoms with Gasteiger partial charge in [-0.15, -0.1) is 0 Å². The molecule has 0 radical (unpaired) electrons. The van der Waals surface area contributed by atoms with Gasteiger partial charge in [0.2, 0.25) is 0 Å². The first kappa shape index (κ1) is 16.9. The first-order valence-corrected chi connectivity index (χ1v) is 8.99. The summed E-state index contributed by atoms with van der Waals surface area (Å²) in [6.45, 7) is 8.07. The smallest absolute Gasteiger partial charge is 0.279 e. The predicted octanol–water partition coefficient (Wildman–Crippen LogP) is 1.33. The fourth-order valence-corrected chi connectivity index (χ4v) is 3.65. The minimum Gasteiger partial charge on any atom is -0.317 e. The average Bonchev–Trinajstić information content (AvgIpc) is 2.42. The van der Waals surface area contributed by atoms with Crippen molar-refractivity contribution < 1.29 is 8.42 Å². The van der Waals surface area contributed by atoms with Crippen LogP contribution in [-0.2, 0) is 10.2 Å². The van der Waals surface area contributed by atoms with E-state index in [4.69, 9.17) is 0 Å². The Bertz CT molecular complexity index is 325. The van der Waals surface area contributed by atoms with E-state index in [-0.39, 0.29) is 0 Å². The first-order valence-electron chi connectivity index (χ1n) is 7.55. The van der Waals surface area contributed by atoms with Crippen molar-refractivity contribution in [2.75, 3.05) is 32.7 Å². The molecule has 0 aromatic rings. The zero-order valence-electron chi connectivity index (χ0n) is 12.3. The van der Waals surface area contributed by atoms with Gasteiger partial charge in [0, 0.05) is 19.6 Å². The summed E-state index contributed by atoms with van der Waals surface area (Å²) in [5.74, 6) is 0.617. The van der Waals surface area contributed by atoms with E-state index in [1.165, 1.54) is 0 Å². The molecule has 0 unspecified atom stereocenters. The topological polar surface area (TPSA) is 61.4 Å². The van der Waals surface area contributed by atoms with Crippen molar-refractivity contribution >= 4 is 10.2 Å². The van der Waals surface area contributed by atoms with Crippen molar-refractivity contribution in [3.63, 3.8) is 0 Å². The molecule has 0 aromatic heterocycles. The molecule has 114 valence electrons. The average molecular weight is 291 g/mol. The monoisotopic (exact) mass is 291 g/mol. The van der Waals surface area contributed by atoms with Crippen molar-refractivity contribution in [1.29, 1.82) is 0 Å². The molecule has 1 aliphatic heterocycles. The van der Waals surface area contributed by atoms with Gasteiger partial charge in [0.1, 0.15) is 0 Å². The zero-order chi connectivity index (χ0) is 14.1. The molecule has 2 N–H and O–H groups in total. The highest BCUT2D eigenvalue weighted by atomic mass is 32.2. The summed E-state index contributed by atoms with van der Waals surface area (Å²) in [6, 6.07) is 0. The van der Waals surface area contributed by atoms with E-state index in [9.17, 15) is 8.42 Å². The highest BCUT2D eigenvalue weighted by Gasteiger charge is 2.27. The van der Waals surface area contributed by atoms with Crippen LogP contribution >= 0.6 is 0 Å². The number of nitrogens with zero attached hydrogens (tertiary/aromatic N) is 1. The summed E-state index contributed by atoms with van der Waals surface area (Å²) >= 11 is 0. The van der Waals surface area contributed by atoms with E-state index in [2.05, 4.69) is 23.9 Å². The molecule has 1 saturated heterocycles. The van der Waals surface area contributed by atoms with Gasteiger partial charge in [-0.05, 0) is 38.3 Å². The Hall–Kier alpha value is -0.170. The summed E-state index contributed by atoms with van der Waals surface area (Å²) in [5.41, 5.74) is 0. The number of hydrogen-bond donors (Lipinski definition) is 2. The summed E-state index contributed by atoms with van der Waals surface area (Å²) in [5, 5.41) is 3.34. The van der Waals surface area contributed by atoms with Gasteiger partial charge in [-0.25, -0.2) is 4.72 Å². The second-order valence-electron chi connectivity index (χ2n) is 5.26. The van der Waals surface area contributed by atoms with E-state index in [0.717, 1.165) is 45.2 Å². The fourth-order valence-electron chi connectivity index (χ4n) is 2.37. The van der Waals surface area contributed by atoms with Gasteiger partial charge in [-0.1, -0.05) is 26.7 Å². The molecule has 6 heteroatoms. The Kier molecular flexibility index (Phi) is 7.90. The van der Waals surface area contributed by atoms with Crippen molar-refractivity contribution in [3.8, 4) is 0 Å². The Labute approximate surface area is 118 Å². The molecule has 1 heterocycles. The Balaban J connectivity index is 2.28. The first-order chi connectivity index (χ1) is 9.10. The van der Waals surface area contributed by atoms with Gasteiger partial charge >= 0.3 is 0 Å². The van der Waals surface area contributed by atoms with Crippen molar-refractivity contribution in [2.24, 2.45) is 5.92 Å². The van der Waals surface area contributed by atoms with Crippen LogP contribution in [0.5, 0.6) is 0 Å². The van der Waals surface area contributed by atoms with E-state index in [1.807, 2.05) is 0 Å². The molecule has 19 heavy (non-hydrogen) atoms.